The van der Waals surface area contributed by atoms with Crippen molar-refractivity contribution in [3.05, 3.63) is 105 Å². The summed E-state index contributed by atoms with van der Waals surface area (Å²) in [5.41, 5.74) is -3.35. The number of H-pyrrole nitrogens is 2. The molecule has 1 aliphatic rings. The molecule has 1 aromatic heterocycles. The number of ketones is 1. The first-order valence-electron chi connectivity index (χ1n) is 14.9. The topological polar surface area (TPSA) is 365 Å². The van der Waals surface area contributed by atoms with Gasteiger partial charge in [-0.3, -0.25) is 33.4 Å². The first-order chi connectivity index (χ1) is 26.4. The Kier molecular flexibility index (Phi) is 10.4. The number of hydrazone groups is 1. The first kappa shape index (κ1) is 40.7. The highest BCUT2D eigenvalue weighted by Gasteiger charge is 2.36. The Bertz CT molecular complexity index is 3290. The average Bonchev–Trinajstić information content (AvgIpc) is 3.08. The molecule has 6 rings (SSSR count). The number of aromatic nitrogens is 3. The fraction of sp³-hybridized carbons (Fsp3) is 0. The van der Waals surface area contributed by atoms with Crippen LogP contribution in [0, 0.1) is 0 Å². The van der Waals surface area contributed by atoms with Crippen LogP contribution in [0.25, 0.3) is 16.8 Å². The molecule has 0 fully saturated rings. The molecule has 0 bridgehead atoms. The number of halogens is 1. The van der Waals surface area contributed by atoms with E-state index in [1.165, 1.54) is 24.3 Å². The maximum atomic E-state index is 14.1. The highest BCUT2D eigenvalue weighted by Crippen LogP contribution is 2.36. The Labute approximate surface area is 323 Å². The number of carbonyl (C=O) groups excluding carboxylic acids is 1. The minimum atomic E-state index is -5.39. The van der Waals surface area contributed by atoms with Crippen LogP contribution in [-0.4, -0.2) is 89.4 Å². The second kappa shape index (κ2) is 14.5. The van der Waals surface area contributed by atoms with Crippen LogP contribution in [0.15, 0.2) is 101 Å². The number of nitrogens with one attached hydrogen (secondary N) is 3. The Morgan fingerprint density at radius 1 is 0.754 bits per heavy atom. The number of aromatic amines is 2. The van der Waals surface area contributed by atoms with E-state index in [0.717, 1.165) is 18.2 Å². The van der Waals surface area contributed by atoms with Crippen molar-refractivity contribution in [3.63, 3.8) is 0 Å². The Morgan fingerprint density at radius 2 is 1.44 bits per heavy atom. The van der Waals surface area contributed by atoms with Crippen molar-refractivity contribution in [1.29, 1.82) is 0 Å². The largest absolute Gasteiger partial charge is 0.478 e. The van der Waals surface area contributed by atoms with Crippen LogP contribution in [0.1, 0.15) is 26.3 Å². The molecule has 4 aromatic carbocycles. The number of Topliss-reactive ketones (excluding diaryl/α,β-unsaturated/α-hetero) is 1. The molecular weight excluding hydrogens is 862 g/mol. The standard InChI is InChI=1S/C30H20ClN7O15S4/c31-28-34-29(32-19-8-6-15(54(42,43)44)11-18(19)27(40)41)36-30(35-28)33-21-12-16(55(45,46)47)9-14-10-22(56(48,49)50)24(25(39)23(14)21)38-37-20-7-5-13-3-1-2-4-17(13)26(20)57(51,52)53/h1-12,37H,(H,40,41)(H,42,43,44)(H,45,46,47)(H,48,49,50)(H,51,52,53)(H2,32,33,34,35,36)/b38-24-. The molecule has 57 heavy (non-hydrogen) atoms. The third-order valence-electron chi connectivity index (χ3n) is 7.70. The molecule has 296 valence electrons. The Hall–Kier alpha value is -5.97. The Morgan fingerprint density at radius 3 is 2.07 bits per heavy atom. The van der Waals surface area contributed by atoms with Crippen molar-refractivity contribution in [2.24, 2.45) is 15.1 Å². The highest BCUT2D eigenvalue weighted by atomic mass is 35.5. The lowest BCUT2D eigenvalue weighted by Crippen LogP contribution is -2.29. The van der Waals surface area contributed by atoms with Crippen LogP contribution in [-0.2, 0) is 40.5 Å². The predicted molar refractivity (Wildman–Crippen MR) is 197 cm³/mol. The molecule has 5 aromatic rings. The molecule has 0 saturated heterocycles. The molecule has 0 aliphatic heterocycles. The summed E-state index contributed by atoms with van der Waals surface area (Å²) < 4.78 is 137. The van der Waals surface area contributed by atoms with Crippen LogP contribution < -0.4 is 16.7 Å². The smallest absolute Gasteiger partial charge is 0.337 e. The third kappa shape index (κ3) is 8.57. The van der Waals surface area contributed by atoms with Gasteiger partial charge in [0.1, 0.15) is 9.80 Å². The van der Waals surface area contributed by atoms with Crippen molar-refractivity contribution < 1.29 is 66.6 Å². The van der Waals surface area contributed by atoms with Crippen molar-refractivity contribution >= 4 is 103 Å². The van der Waals surface area contributed by atoms with E-state index in [-0.39, 0.29) is 5.39 Å². The number of aromatic carboxylic acids is 1. The zero-order chi connectivity index (χ0) is 41.8. The maximum absolute atomic E-state index is 14.1. The van der Waals surface area contributed by atoms with Gasteiger partial charge in [0.05, 0.1) is 38.0 Å². The summed E-state index contributed by atoms with van der Waals surface area (Å²) in [5, 5.41) is 13.2. The van der Waals surface area contributed by atoms with E-state index in [4.69, 9.17) is 11.6 Å². The lowest BCUT2D eigenvalue weighted by atomic mass is 9.93. The van der Waals surface area contributed by atoms with Crippen LogP contribution in [0.5, 0.6) is 0 Å². The van der Waals surface area contributed by atoms with Gasteiger partial charge in [-0.15, -0.1) is 0 Å². The minimum absolute atomic E-state index is 0.00110. The van der Waals surface area contributed by atoms with Gasteiger partial charge in [0.15, 0.2) is 5.71 Å². The maximum Gasteiger partial charge on any atom is 0.337 e. The van der Waals surface area contributed by atoms with E-state index < -0.39 is 128 Å². The predicted octanol–water partition coefficient (Wildman–Crippen LogP) is 2.34. The van der Waals surface area contributed by atoms with Gasteiger partial charge in [-0.1, -0.05) is 30.3 Å². The summed E-state index contributed by atoms with van der Waals surface area (Å²) >= 11 is 6.09. The van der Waals surface area contributed by atoms with Gasteiger partial charge in [0.25, 0.3) is 40.5 Å². The number of anilines is 1. The SMILES string of the molecule is O=C(O)c1cc(S(=O)(=O)O)ccc1N=c1nc(Cl)[nH]c(=Nc2cc(S(=O)(=O)O)cc3c2C(=O)/C(=N\Nc2ccc4ccccc4c2S(=O)(=O)O)C(S(=O)(=O)O)=C3)[nH]1. The summed E-state index contributed by atoms with van der Waals surface area (Å²) in [4.78, 5) is 39.1. The summed E-state index contributed by atoms with van der Waals surface area (Å²) in [7, 11) is -20.4. The van der Waals surface area contributed by atoms with Gasteiger partial charge in [0.2, 0.25) is 22.3 Å². The van der Waals surface area contributed by atoms with Gasteiger partial charge < -0.3 is 10.1 Å². The summed E-state index contributed by atoms with van der Waals surface area (Å²) in [6.07, 6.45) is 0.599. The molecule has 0 unspecified atom stereocenters. The number of carbonyl (C=O) groups is 2. The minimum Gasteiger partial charge on any atom is -0.478 e. The molecule has 1 heterocycles. The summed E-state index contributed by atoms with van der Waals surface area (Å²) in [6, 6.07) is 12.1. The molecule has 0 radical (unpaired) electrons. The van der Waals surface area contributed by atoms with Crippen LogP contribution in [0.4, 0.5) is 17.1 Å². The van der Waals surface area contributed by atoms with Crippen molar-refractivity contribution in [2.75, 3.05) is 5.43 Å². The number of carboxylic acids is 1. The van der Waals surface area contributed by atoms with Gasteiger partial charge in [0, 0.05) is 5.39 Å². The molecule has 0 saturated carbocycles. The monoisotopic (exact) mass is 881 g/mol. The normalized spacial score (nSPS) is 15.1. The van der Waals surface area contributed by atoms with Gasteiger partial charge in [-0.05, 0) is 65.0 Å². The fourth-order valence-corrected chi connectivity index (χ4v) is 8.09. The second-order valence-electron chi connectivity index (χ2n) is 11.4. The van der Waals surface area contributed by atoms with Gasteiger partial charge in [-0.25, -0.2) is 14.8 Å². The number of hydrogen-bond donors (Lipinski definition) is 8. The number of rotatable bonds is 9. The zero-order valence-electron chi connectivity index (χ0n) is 27.5. The van der Waals surface area contributed by atoms with Gasteiger partial charge in [-0.2, -0.15) is 43.8 Å². The van der Waals surface area contributed by atoms with Crippen LogP contribution >= 0.6 is 11.6 Å². The lowest BCUT2D eigenvalue weighted by molar-refractivity contribution is 0.0697. The number of allylic oxidation sites excluding steroid dienone is 1. The van der Waals surface area contributed by atoms with E-state index in [1.54, 1.807) is 6.07 Å². The van der Waals surface area contributed by atoms with E-state index >= 15 is 0 Å². The van der Waals surface area contributed by atoms with Crippen molar-refractivity contribution in [2.45, 2.75) is 14.7 Å². The first-order valence-corrected chi connectivity index (χ1v) is 21.1. The molecule has 8 N–H and O–H groups in total. The highest BCUT2D eigenvalue weighted by molar-refractivity contribution is 7.91. The van der Waals surface area contributed by atoms with E-state index in [1.807, 2.05) is 0 Å². The van der Waals surface area contributed by atoms with Gasteiger partial charge >= 0.3 is 5.97 Å². The lowest BCUT2D eigenvalue weighted by Gasteiger charge is -2.19. The number of nitrogens with zero attached hydrogens (tertiary/aromatic N) is 4. The molecule has 1 aliphatic carbocycles. The molecule has 27 heteroatoms. The molecule has 22 nitrogen and oxygen atoms in total. The average molecular weight is 882 g/mol. The van der Waals surface area contributed by atoms with E-state index in [0.29, 0.717) is 29.7 Å². The quantitative estimate of drug-likeness (QED) is 0.0778. The molecule has 0 atom stereocenters. The molecular formula is C30H20ClN7O15S4. The van der Waals surface area contributed by atoms with E-state index in [2.05, 4.69) is 35.5 Å². The second-order valence-corrected chi connectivity index (χ2v) is 17.4. The summed E-state index contributed by atoms with van der Waals surface area (Å²) in [5.74, 6) is -3.05. The van der Waals surface area contributed by atoms with E-state index in [9.17, 15) is 66.6 Å². The summed E-state index contributed by atoms with van der Waals surface area (Å²) in [6.45, 7) is 0. The zero-order valence-corrected chi connectivity index (χ0v) is 31.6. The number of carboxylic acid groups (broad SMARTS) is 1. The number of fused-ring (bicyclic) bond motifs is 2. The number of hydrogen-bond acceptors (Lipinski definition) is 15. The van der Waals surface area contributed by atoms with Crippen LogP contribution in [0.3, 0.4) is 0 Å². The molecule has 0 amide bonds. The van der Waals surface area contributed by atoms with Crippen LogP contribution in [0.2, 0.25) is 5.28 Å². The third-order valence-corrected chi connectivity index (χ3v) is 11.4. The van der Waals surface area contributed by atoms with Crippen molar-refractivity contribution in [1.82, 2.24) is 15.0 Å². The van der Waals surface area contributed by atoms with Crippen molar-refractivity contribution in [3.8, 4) is 0 Å². The number of benzene rings is 4. The fourth-order valence-electron chi connectivity index (χ4n) is 5.36. The Balaban J connectivity index is 1.57. The molecule has 0 spiro atoms.